The second kappa shape index (κ2) is 13.7. The van der Waals surface area contributed by atoms with E-state index in [9.17, 15) is 23.6 Å². The van der Waals surface area contributed by atoms with E-state index in [0.717, 1.165) is 76.3 Å². The van der Waals surface area contributed by atoms with E-state index in [2.05, 4.69) is 41.4 Å². The van der Waals surface area contributed by atoms with E-state index in [0.29, 0.717) is 47.1 Å². The Labute approximate surface area is 293 Å². The monoisotopic (exact) mass is 694 g/mol. The molecule has 6 heterocycles. The van der Waals surface area contributed by atoms with Gasteiger partial charge in [0.2, 0.25) is 17.8 Å². The molecular formula is C37H39FN8O5. The lowest BCUT2D eigenvalue weighted by molar-refractivity contribution is -0.136. The van der Waals surface area contributed by atoms with Gasteiger partial charge in [-0.1, -0.05) is 6.07 Å². The molecule has 0 aliphatic carbocycles. The quantitative estimate of drug-likeness (QED) is 0.206. The van der Waals surface area contributed by atoms with Gasteiger partial charge in [-0.15, -0.1) is 0 Å². The molecule has 2 aromatic carbocycles. The molecule has 264 valence electrons. The number of carbonyl (C=O) groups excluding carboxylic acids is 3. The number of imide groups is 1. The number of carbonyl (C=O) groups is 3. The van der Waals surface area contributed by atoms with Crippen molar-refractivity contribution in [3.63, 3.8) is 0 Å². The first-order valence-corrected chi connectivity index (χ1v) is 17.6. The van der Waals surface area contributed by atoms with Crippen molar-refractivity contribution in [2.45, 2.75) is 44.7 Å². The average Bonchev–Trinajstić information content (AvgIpc) is 3.48. The molecule has 13 nitrogen and oxygen atoms in total. The van der Waals surface area contributed by atoms with Crippen molar-refractivity contribution in [1.82, 2.24) is 25.1 Å². The third-order valence-electron chi connectivity index (χ3n) is 10.6. The fraction of sp³-hybridized carbons (Fsp3) is 0.405. The van der Waals surface area contributed by atoms with Crippen LogP contribution in [0.3, 0.4) is 0 Å². The summed E-state index contributed by atoms with van der Waals surface area (Å²) < 4.78 is 19.9. The minimum atomic E-state index is -0.615. The minimum Gasteiger partial charge on any atom is -0.423 e. The standard InChI is InChI=1S/C37H39FN8O5/c38-28-21-39-37(42-34(28)40-25-5-7-31-24(20-25)4-9-33(48)51-31)45-18-16-43(17-19-45)13-10-23-11-14-44(15-12-23)29-3-1-2-26-27(29)22-46(36(26)50)30-6-8-32(47)41-35(30)49/h1-5,7,9,20-21,23,30H,6,8,10-19,22H2,(H,39,40,42)(H,41,47,49). The number of hydrogen-bond acceptors (Lipinski definition) is 11. The largest absolute Gasteiger partial charge is 0.423 e. The molecule has 2 N–H and O–H groups in total. The SMILES string of the molecule is O=C1CCC(N2Cc3c(cccc3N3CCC(CCN4CCN(c5ncc(F)c(Nc6ccc7oc(=O)ccc7c6)n5)CC4)CC3)C2=O)C(=O)N1. The fourth-order valence-corrected chi connectivity index (χ4v) is 7.75. The van der Waals surface area contributed by atoms with E-state index < -0.39 is 17.5 Å². The zero-order valence-electron chi connectivity index (χ0n) is 28.1. The van der Waals surface area contributed by atoms with Gasteiger partial charge >= 0.3 is 5.63 Å². The van der Waals surface area contributed by atoms with E-state index >= 15 is 0 Å². The number of fused-ring (bicyclic) bond motifs is 2. The van der Waals surface area contributed by atoms with Crippen LogP contribution in [0.15, 0.2) is 63.9 Å². The van der Waals surface area contributed by atoms with Crippen molar-refractivity contribution in [3.05, 3.63) is 82.1 Å². The Hall–Kier alpha value is -5.37. The molecule has 51 heavy (non-hydrogen) atoms. The van der Waals surface area contributed by atoms with Crippen molar-refractivity contribution in [1.29, 1.82) is 0 Å². The fourth-order valence-electron chi connectivity index (χ4n) is 7.75. The van der Waals surface area contributed by atoms with Crippen LogP contribution in [0.2, 0.25) is 0 Å². The van der Waals surface area contributed by atoms with Crippen LogP contribution in [0.25, 0.3) is 11.0 Å². The van der Waals surface area contributed by atoms with Crippen LogP contribution < -0.4 is 26.1 Å². The first-order valence-electron chi connectivity index (χ1n) is 17.6. The highest BCUT2D eigenvalue weighted by atomic mass is 19.1. The van der Waals surface area contributed by atoms with E-state index in [-0.39, 0.29) is 30.0 Å². The Bertz CT molecular complexity index is 2060. The van der Waals surface area contributed by atoms with Crippen molar-refractivity contribution in [2.75, 3.05) is 60.9 Å². The van der Waals surface area contributed by atoms with Crippen LogP contribution in [0.5, 0.6) is 0 Å². The highest BCUT2D eigenvalue weighted by Crippen LogP contribution is 2.36. The van der Waals surface area contributed by atoms with Crippen molar-refractivity contribution >= 4 is 51.8 Å². The average molecular weight is 695 g/mol. The van der Waals surface area contributed by atoms with Crippen molar-refractivity contribution in [2.24, 2.45) is 5.92 Å². The Morgan fingerprint density at radius 2 is 1.75 bits per heavy atom. The summed E-state index contributed by atoms with van der Waals surface area (Å²) in [6, 6.07) is 13.4. The molecule has 3 amide bonds. The predicted molar refractivity (Wildman–Crippen MR) is 188 cm³/mol. The molecule has 0 bridgehead atoms. The number of piperazine rings is 1. The molecule has 0 saturated carbocycles. The topological polar surface area (TPSA) is 144 Å². The molecule has 3 fully saturated rings. The van der Waals surface area contributed by atoms with Gasteiger partial charge in [0.25, 0.3) is 5.91 Å². The van der Waals surface area contributed by atoms with Crippen LogP contribution >= 0.6 is 0 Å². The summed E-state index contributed by atoms with van der Waals surface area (Å²) in [6.45, 7) is 6.44. The Kier molecular flexibility index (Phi) is 8.84. The summed E-state index contributed by atoms with van der Waals surface area (Å²) in [5.41, 5.74) is 3.34. The summed E-state index contributed by atoms with van der Waals surface area (Å²) in [5.74, 6) is -0.193. The van der Waals surface area contributed by atoms with Crippen LogP contribution in [-0.2, 0) is 16.1 Å². The molecule has 1 unspecified atom stereocenters. The van der Waals surface area contributed by atoms with Crippen LogP contribution in [0.4, 0.5) is 27.5 Å². The number of nitrogens with one attached hydrogen (secondary N) is 2. The highest BCUT2D eigenvalue weighted by Gasteiger charge is 2.40. The number of aromatic nitrogens is 2. The molecule has 0 radical (unpaired) electrons. The number of nitrogens with zero attached hydrogens (tertiary/aromatic N) is 6. The molecule has 4 aliphatic heterocycles. The van der Waals surface area contributed by atoms with Gasteiger partial charge in [0, 0.05) is 86.2 Å². The maximum Gasteiger partial charge on any atom is 0.336 e. The number of piperidine rings is 2. The van der Waals surface area contributed by atoms with Gasteiger partial charge in [0.1, 0.15) is 11.6 Å². The molecule has 2 aromatic heterocycles. The molecule has 3 saturated heterocycles. The van der Waals surface area contributed by atoms with E-state index in [1.165, 1.54) is 12.3 Å². The van der Waals surface area contributed by atoms with Gasteiger partial charge in [-0.25, -0.2) is 14.2 Å². The number of halogens is 1. The van der Waals surface area contributed by atoms with E-state index in [4.69, 9.17) is 4.42 Å². The Balaban J connectivity index is 0.816. The first kappa shape index (κ1) is 32.8. The Morgan fingerprint density at radius 1 is 0.922 bits per heavy atom. The number of hydrogen-bond donors (Lipinski definition) is 2. The van der Waals surface area contributed by atoms with Gasteiger partial charge in [-0.3, -0.25) is 24.6 Å². The minimum absolute atomic E-state index is 0.0872. The van der Waals surface area contributed by atoms with Crippen LogP contribution in [0, 0.1) is 11.7 Å². The van der Waals surface area contributed by atoms with Crippen molar-refractivity contribution < 1.29 is 23.2 Å². The van der Waals surface area contributed by atoms with Gasteiger partial charge in [-0.2, -0.15) is 4.98 Å². The van der Waals surface area contributed by atoms with Gasteiger partial charge < -0.3 is 24.4 Å². The molecule has 1 atom stereocenters. The van der Waals surface area contributed by atoms with Gasteiger partial charge in [0.15, 0.2) is 11.6 Å². The van der Waals surface area contributed by atoms with E-state index in [1.54, 1.807) is 29.2 Å². The summed E-state index contributed by atoms with van der Waals surface area (Å²) in [6.07, 6.45) is 5.04. The zero-order valence-corrected chi connectivity index (χ0v) is 28.1. The van der Waals surface area contributed by atoms with Gasteiger partial charge in [0.05, 0.1) is 6.20 Å². The number of rotatable bonds is 8. The third kappa shape index (κ3) is 6.75. The first-order chi connectivity index (χ1) is 24.8. The maximum atomic E-state index is 14.7. The van der Waals surface area contributed by atoms with Crippen LogP contribution in [-0.4, -0.2) is 89.3 Å². The molecule has 8 rings (SSSR count). The smallest absolute Gasteiger partial charge is 0.336 e. The zero-order chi connectivity index (χ0) is 35.1. The molecule has 0 spiro atoms. The number of anilines is 4. The third-order valence-corrected chi connectivity index (χ3v) is 10.6. The predicted octanol–water partition coefficient (Wildman–Crippen LogP) is 3.66. The number of amides is 3. The summed E-state index contributed by atoms with van der Waals surface area (Å²) in [5, 5.41) is 6.14. The van der Waals surface area contributed by atoms with Gasteiger partial charge in [-0.05, 0) is 74.5 Å². The maximum absolute atomic E-state index is 14.7. The summed E-state index contributed by atoms with van der Waals surface area (Å²) >= 11 is 0. The lowest BCUT2D eigenvalue weighted by atomic mass is 9.92. The van der Waals surface area contributed by atoms with E-state index in [1.807, 2.05) is 12.1 Å². The molecule has 14 heteroatoms. The lowest BCUT2D eigenvalue weighted by Gasteiger charge is -2.37. The second-order valence-corrected chi connectivity index (χ2v) is 13.7. The summed E-state index contributed by atoms with van der Waals surface area (Å²) in [4.78, 5) is 66.3. The van der Waals surface area contributed by atoms with Crippen LogP contribution in [0.1, 0.15) is 48.0 Å². The number of benzene rings is 2. The Morgan fingerprint density at radius 3 is 2.55 bits per heavy atom. The lowest BCUT2D eigenvalue weighted by Crippen LogP contribution is -2.52. The highest BCUT2D eigenvalue weighted by molar-refractivity contribution is 6.06. The molecule has 4 aliphatic rings. The summed E-state index contributed by atoms with van der Waals surface area (Å²) in [7, 11) is 0. The van der Waals surface area contributed by atoms with Crippen molar-refractivity contribution in [3.8, 4) is 0 Å². The molecule has 4 aromatic rings. The normalized spacial score (nSPS) is 20.2. The molecular weight excluding hydrogens is 655 g/mol. The second-order valence-electron chi connectivity index (χ2n) is 13.7.